The van der Waals surface area contributed by atoms with Gasteiger partial charge in [-0.1, -0.05) is 0 Å². The molecule has 0 aliphatic carbocycles. The first-order valence-electron chi connectivity index (χ1n) is 7.10. The molecule has 1 fully saturated rings. The average molecular weight is 294 g/mol. The molecule has 0 bridgehead atoms. The van der Waals surface area contributed by atoms with E-state index < -0.39 is 5.60 Å². The fourth-order valence-electron chi connectivity index (χ4n) is 2.15. The Kier molecular flexibility index (Phi) is 4.55. The number of hydrogen-bond donors (Lipinski definition) is 1. The molecule has 0 unspecified atom stereocenters. The number of amides is 1. The van der Waals surface area contributed by atoms with Gasteiger partial charge in [0.2, 0.25) is 0 Å². The largest absolute Gasteiger partial charge is 0.503 e. The lowest BCUT2D eigenvalue weighted by Crippen LogP contribution is -2.35. The summed E-state index contributed by atoms with van der Waals surface area (Å²) in [5.41, 5.74) is -0.481. The lowest BCUT2D eigenvalue weighted by atomic mass is 10.1. The van der Waals surface area contributed by atoms with Crippen LogP contribution in [0, 0.1) is 5.92 Å². The molecular formula is C15H22N2O4. The summed E-state index contributed by atoms with van der Waals surface area (Å²) in [6.45, 7) is 7.24. The maximum absolute atomic E-state index is 11.9. The van der Waals surface area contributed by atoms with Gasteiger partial charge in [-0.15, -0.1) is 0 Å². The third-order valence-electron chi connectivity index (χ3n) is 3.14. The van der Waals surface area contributed by atoms with Crippen LogP contribution in [0.3, 0.4) is 0 Å². The van der Waals surface area contributed by atoms with E-state index in [0.29, 0.717) is 19.7 Å². The Labute approximate surface area is 124 Å². The van der Waals surface area contributed by atoms with Crippen molar-refractivity contribution >= 4 is 6.09 Å². The van der Waals surface area contributed by atoms with Crippen molar-refractivity contribution in [1.82, 2.24) is 9.88 Å². The molecule has 1 aromatic rings. The Hall–Kier alpha value is -1.98. The van der Waals surface area contributed by atoms with E-state index in [9.17, 15) is 9.90 Å². The van der Waals surface area contributed by atoms with Crippen LogP contribution >= 0.6 is 0 Å². The minimum atomic E-state index is -0.481. The lowest BCUT2D eigenvalue weighted by molar-refractivity contribution is 0.0284. The summed E-state index contributed by atoms with van der Waals surface area (Å²) in [5, 5.41) is 9.58. The summed E-state index contributed by atoms with van der Waals surface area (Å²) in [4.78, 5) is 17.6. The highest BCUT2D eigenvalue weighted by molar-refractivity contribution is 5.68. The number of nitrogens with zero attached hydrogens (tertiary/aromatic N) is 2. The molecule has 1 amide bonds. The van der Waals surface area contributed by atoms with Crippen LogP contribution in [0.2, 0.25) is 0 Å². The maximum atomic E-state index is 11.9. The van der Waals surface area contributed by atoms with Gasteiger partial charge < -0.3 is 19.5 Å². The van der Waals surface area contributed by atoms with E-state index in [4.69, 9.17) is 9.47 Å². The van der Waals surface area contributed by atoms with Gasteiger partial charge in [-0.2, -0.15) is 0 Å². The molecule has 6 heteroatoms. The smallest absolute Gasteiger partial charge is 0.410 e. The van der Waals surface area contributed by atoms with Gasteiger partial charge in [0.15, 0.2) is 5.75 Å². The monoisotopic (exact) mass is 294 g/mol. The van der Waals surface area contributed by atoms with E-state index in [0.717, 1.165) is 6.42 Å². The third kappa shape index (κ3) is 4.51. The quantitative estimate of drug-likeness (QED) is 0.927. The molecule has 6 nitrogen and oxygen atoms in total. The zero-order valence-corrected chi connectivity index (χ0v) is 12.7. The van der Waals surface area contributed by atoms with E-state index in [-0.39, 0.29) is 23.6 Å². The number of hydrogen-bond acceptors (Lipinski definition) is 5. The highest BCUT2D eigenvalue weighted by atomic mass is 16.6. The standard InChI is InChI=1S/C15H22N2O4/c1-15(2,3)21-14(19)17-8-6-11(9-17)10-20-13-12(18)5-4-7-16-13/h4-5,7,11,18H,6,8-10H2,1-3H3/t11-/m0/s1. The van der Waals surface area contributed by atoms with Crippen molar-refractivity contribution in [2.45, 2.75) is 32.8 Å². The average Bonchev–Trinajstić information content (AvgIpc) is 2.85. The first-order valence-corrected chi connectivity index (χ1v) is 7.10. The summed E-state index contributed by atoms with van der Waals surface area (Å²) in [7, 11) is 0. The highest BCUT2D eigenvalue weighted by Gasteiger charge is 2.30. The number of carbonyl (C=O) groups is 1. The van der Waals surface area contributed by atoms with Gasteiger partial charge in [0.25, 0.3) is 5.88 Å². The second kappa shape index (κ2) is 6.20. The fourth-order valence-corrected chi connectivity index (χ4v) is 2.15. The zero-order valence-electron chi connectivity index (χ0n) is 12.7. The van der Waals surface area contributed by atoms with Crippen LogP contribution in [-0.4, -0.2) is 46.4 Å². The number of rotatable bonds is 3. The second-order valence-corrected chi connectivity index (χ2v) is 6.22. The predicted octanol–water partition coefficient (Wildman–Crippen LogP) is 2.42. The minimum Gasteiger partial charge on any atom is -0.503 e. The molecule has 1 atom stereocenters. The van der Waals surface area contributed by atoms with Crippen molar-refractivity contribution < 1.29 is 19.4 Å². The van der Waals surface area contributed by atoms with Gasteiger partial charge in [0.05, 0.1) is 6.61 Å². The second-order valence-electron chi connectivity index (χ2n) is 6.22. The molecule has 0 aromatic carbocycles. The van der Waals surface area contributed by atoms with Crippen LogP contribution in [0.25, 0.3) is 0 Å². The van der Waals surface area contributed by atoms with E-state index in [1.54, 1.807) is 17.2 Å². The van der Waals surface area contributed by atoms with Crippen molar-refractivity contribution in [1.29, 1.82) is 0 Å². The molecule has 2 heterocycles. The van der Waals surface area contributed by atoms with Crippen LogP contribution in [0.5, 0.6) is 11.6 Å². The van der Waals surface area contributed by atoms with Gasteiger partial charge in [0, 0.05) is 25.2 Å². The Morgan fingerprint density at radius 3 is 2.95 bits per heavy atom. The van der Waals surface area contributed by atoms with E-state index in [2.05, 4.69) is 4.98 Å². The van der Waals surface area contributed by atoms with Crippen molar-refractivity contribution in [3.63, 3.8) is 0 Å². The number of likely N-dealkylation sites (tertiary alicyclic amines) is 1. The maximum Gasteiger partial charge on any atom is 0.410 e. The van der Waals surface area contributed by atoms with Crippen LogP contribution < -0.4 is 4.74 Å². The van der Waals surface area contributed by atoms with Gasteiger partial charge in [-0.25, -0.2) is 9.78 Å². The van der Waals surface area contributed by atoms with Gasteiger partial charge in [0.1, 0.15) is 5.60 Å². The van der Waals surface area contributed by atoms with Crippen LogP contribution in [-0.2, 0) is 4.74 Å². The Morgan fingerprint density at radius 2 is 2.29 bits per heavy atom. The van der Waals surface area contributed by atoms with E-state index in [1.165, 1.54) is 6.07 Å². The lowest BCUT2D eigenvalue weighted by Gasteiger charge is -2.24. The number of ether oxygens (including phenoxy) is 2. The van der Waals surface area contributed by atoms with Crippen LogP contribution in [0.15, 0.2) is 18.3 Å². The summed E-state index contributed by atoms with van der Waals surface area (Å²) < 4.78 is 10.9. The summed E-state index contributed by atoms with van der Waals surface area (Å²) in [6.07, 6.45) is 2.13. The van der Waals surface area contributed by atoms with Gasteiger partial charge in [-0.3, -0.25) is 0 Å². The molecule has 1 aliphatic rings. The summed E-state index contributed by atoms with van der Waals surface area (Å²) >= 11 is 0. The van der Waals surface area contributed by atoms with Gasteiger partial charge >= 0.3 is 6.09 Å². The van der Waals surface area contributed by atoms with Crippen LogP contribution in [0.4, 0.5) is 4.79 Å². The fraction of sp³-hybridized carbons (Fsp3) is 0.600. The van der Waals surface area contributed by atoms with Crippen molar-refractivity contribution in [2.24, 2.45) is 5.92 Å². The first kappa shape index (κ1) is 15.4. The van der Waals surface area contributed by atoms with Gasteiger partial charge in [-0.05, 0) is 39.3 Å². The molecule has 116 valence electrons. The third-order valence-corrected chi connectivity index (χ3v) is 3.14. The van der Waals surface area contributed by atoms with E-state index in [1.807, 2.05) is 20.8 Å². The molecular weight excluding hydrogens is 272 g/mol. The molecule has 2 rings (SSSR count). The topological polar surface area (TPSA) is 71.9 Å². The number of pyridine rings is 1. The van der Waals surface area contributed by atoms with Crippen molar-refractivity contribution in [3.05, 3.63) is 18.3 Å². The molecule has 0 saturated carbocycles. The number of aromatic hydroxyl groups is 1. The SMILES string of the molecule is CC(C)(C)OC(=O)N1CC[C@H](COc2ncccc2O)C1. The molecule has 0 spiro atoms. The molecule has 0 radical (unpaired) electrons. The summed E-state index contributed by atoms with van der Waals surface area (Å²) in [5.74, 6) is 0.478. The Bertz CT molecular complexity index is 499. The summed E-state index contributed by atoms with van der Waals surface area (Å²) in [6, 6.07) is 3.17. The molecule has 21 heavy (non-hydrogen) atoms. The first-order chi connectivity index (χ1) is 9.85. The highest BCUT2D eigenvalue weighted by Crippen LogP contribution is 2.24. The van der Waals surface area contributed by atoms with E-state index >= 15 is 0 Å². The normalized spacial score (nSPS) is 18.6. The Balaban J connectivity index is 1.80. The Morgan fingerprint density at radius 1 is 1.52 bits per heavy atom. The zero-order chi connectivity index (χ0) is 15.5. The minimum absolute atomic E-state index is 0.0273. The van der Waals surface area contributed by atoms with Crippen LogP contribution in [0.1, 0.15) is 27.2 Å². The predicted molar refractivity (Wildman–Crippen MR) is 77.3 cm³/mol. The molecule has 1 aliphatic heterocycles. The van der Waals surface area contributed by atoms with Crippen molar-refractivity contribution in [2.75, 3.05) is 19.7 Å². The molecule has 1 saturated heterocycles. The van der Waals surface area contributed by atoms with Crippen molar-refractivity contribution in [3.8, 4) is 11.6 Å². The number of carbonyl (C=O) groups excluding carboxylic acids is 1. The number of aromatic nitrogens is 1. The molecule has 1 aromatic heterocycles. The molecule has 1 N–H and O–H groups in total.